The van der Waals surface area contributed by atoms with Crippen molar-refractivity contribution in [3.63, 3.8) is 0 Å². The number of hydrogen-bond acceptors (Lipinski definition) is 9. The van der Waals surface area contributed by atoms with Crippen LogP contribution in [0, 0.1) is 0 Å². The Morgan fingerprint density at radius 1 is 0.825 bits per heavy atom. The molecule has 0 saturated carbocycles. The van der Waals surface area contributed by atoms with Crippen LogP contribution in [-0.2, 0) is 9.53 Å². The molecular weight excluding hydrogens is 520 g/mol. The van der Waals surface area contributed by atoms with Crippen molar-refractivity contribution in [2.24, 2.45) is 0 Å². The molecule has 0 aliphatic heterocycles. The number of fused-ring (bicyclic) bond motifs is 1. The highest BCUT2D eigenvalue weighted by Gasteiger charge is 2.33. The molecule has 2 aromatic heterocycles. The number of phenolic OH excluding ortho intramolecular Hbond substituents is 3. The highest BCUT2D eigenvalue weighted by Crippen LogP contribution is 2.49. The van der Waals surface area contributed by atoms with Gasteiger partial charge in [0.05, 0.1) is 30.6 Å². The molecule has 4 N–H and O–H groups in total. The van der Waals surface area contributed by atoms with Crippen molar-refractivity contribution in [2.75, 3.05) is 7.11 Å². The zero-order valence-corrected chi connectivity index (χ0v) is 21.0. The van der Waals surface area contributed by atoms with Gasteiger partial charge in [0.1, 0.15) is 28.2 Å². The quantitative estimate of drug-likeness (QED) is 0.158. The molecule has 10 nitrogen and oxygen atoms in total. The van der Waals surface area contributed by atoms with Gasteiger partial charge in [-0.05, 0) is 24.3 Å². The van der Waals surface area contributed by atoms with Crippen LogP contribution in [0.4, 0.5) is 0 Å². The molecule has 3 aromatic carbocycles. The van der Waals surface area contributed by atoms with E-state index in [1.54, 1.807) is 48.5 Å². The van der Waals surface area contributed by atoms with Crippen LogP contribution in [0.3, 0.4) is 0 Å². The van der Waals surface area contributed by atoms with Crippen LogP contribution in [0.5, 0.6) is 17.2 Å². The number of furan rings is 1. The van der Waals surface area contributed by atoms with Crippen molar-refractivity contribution in [1.82, 2.24) is 0 Å². The predicted octanol–water partition coefficient (Wildman–Crippen LogP) is 5.23. The number of aromatic carboxylic acids is 1. The summed E-state index contributed by atoms with van der Waals surface area (Å²) in [5.41, 5.74) is -0.156. The molecule has 2 heterocycles. The molecule has 1 unspecified atom stereocenters. The lowest BCUT2D eigenvalue weighted by molar-refractivity contribution is -0.140. The smallest absolute Gasteiger partial charge is 0.335 e. The molecule has 10 heteroatoms. The molecule has 0 aliphatic rings. The first-order valence-corrected chi connectivity index (χ1v) is 12.0. The summed E-state index contributed by atoms with van der Waals surface area (Å²) in [7, 11) is 1.17. The zero-order valence-electron chi connectivity index (χ0n) is 21.0. The van der Waals surface area contributed by atoms with Crippen LogP contribution < -0.4 is 5.43 Å². The minimum absolute atomic E-state index is 0.0314. The number of esters is 1. The van der Waals surface area contributed by atoms with Crippen molar-refractivity contribution in [3.8, 4) is 39.9 Å². The number of hydrogen-bond donors (Lipinski definition) is 4. The van der Waals surface area contributed by atoms with Crippen molar-refractivity contribution in [3.05, 3.63) is 99.9 Å². The van der Waals surface area contributed by atoms with Gasteiger partial charge in [-0.2, -0.15) is 0 Å². The SMILES string of the molecule is COC(=O)CC(c1ccc(-c2cccc(C(=O)O)c2)o1)c1c(O)c(O)c(O)c2c(=O)cc(-c3ccccc3)oc12. The number of phenols is 3. The molecule has 0 amide bonds. The fourth-order valence-electron chi connectivity index (χ4n) is 4.54. The second-order valence-electron chi connectivity index (χ2n) is 8.93. The fraction of sp³-hybridized carbons (Fsp3) is 0.100. The highest BCUT2D eigenvalue weighted by atomic mass is 16.5. The number of carbonyl (C=O) groups is 2. The summed E-state index contributed by atoms with van der Waals surface area (Å²) in [6, 6.07) is 18.8. The third-order valence-corrected chi connectivity index (χ3v) is 6.50. The van der Waals surface area contributed by atoms with Crippen LogP contribution >= 0.6 is 0 Å². The lowest BCUT2D eigenvalue weighted by Gasteiger charge is -2.19. The number of carbonyl (C=O) groups excluding carboxylic acids is 1. The number of benzene rings is 3. The molecule has 5 aromatic rings. The lowest BCUT2D eigenvalue weighted by Crippen LogP contribution is -2.12. The fourth-order valence-corrected chi connectivity index (χ4v) is 4.54. The Morgan fingerprint density at radius 3 is 2.25 bits per heavy atom. The molecule has 0 bridgehead atoms. The van der Waals surface area contributed by atoms with E-state index in [4.69, 9.17) is 13.6 Å². The molecular formula is C30H22O10. The van der Waals surface area contributed by atoms with Gasteiger partial charge in [-0.25, -0.2) is 4.79 Å². The van der Waals surface area contributed by atoms with E-state index in [0.29, 0.717) is 11.1 Å². The summed E-state index contributed by atoms with van der Waals surface area (Å²) in [5, 5.41) is 41.1. The van der Waals surface area contributed by atoms with Crippen molar-refractivity contribution < 1.29 is 43.6 Å². The van der Waals surface area contributed by atoms with Gasteiger partial charge >= 0.3 is 11.9 Å². The van der Waals surface area contributed by atoms with Crippen LogP contribution in [0.25, 0.3) is 33.6 Å². The first-order valence-electron chi connectivity index (χ1n) is 12.0. The monoisotopic (exact) mass is 542 g/mol. The maximum atomic E-state index is 13.1. The van der Waals surface area contributed by atoms with Crippen molar-refractivity contribution in [2.45, 2.75) is 12.3 Å². The summed E-state index contributed by atoms with van der Waals surface area (Å²) in [6.07, 6.45) is -0.412. The van der Waals surface area contributed by atoms with Gasteiger partial charge in [0, 0.05) is 17.2 Å². The molecule has 0 radical (unpaired) electrons. The van der Waals surface area contributed by atoms with Crippen LogP contribution in [-0.4, -0.2) is 39.5 Å². The second kappa shape index (κ2) is 10.3. The maximum absolute atomic E-state index is 13.1. The molecule has 1 atom stereocenters. The van der Waals surface area contributed by atoms with Gasteiger partial charge < -0.3 is 34.0 Å². The minimum atomic E-state index is -1.16. The van der Waals surface area contributed by atoms with Gasteiger partial charge in [-0.1, -0.05) is 42.5 Å². The van der Waals surface area contributed by atoms with E-state index in [9.17, 15) is 34.8 Å². The number of ether oxygens (including phenoxy) is 1. The van der Waals surface area contributed by atoms with Gasteiger partial charge in [-0.3, -0.25) is 9.59 Å². The van der Waals surface area contributed by atoms with Crippen LogP contribution in [0.15, 0.2) is 86.4 Å². The van der Waals surface area contributed by atoms with Crippen LogP contribution in [0.1, 0.15) is 34.0 Å². The van der Waals surface area contributed by atoms with E-state index in [2.05, 4.69) is 0 Å². The van der Waals surface area contributed by atoms with E-state index < -0.39 is 52.3 Å². The molecule has 202 valence electrons. The first-order chi connectivity index (χ1) is 19.2. The van der Waals surface area contributed by atoms with Gasteiger partial charge in [0.15, 0.2) is 16.9 Å². The molecule has 0 aliphatic carbocycles. The minimum Gasteiger partial charge on any atom is -0.504 e. The standard InChI is InChI=1S/C30H22O10/c1-38-23(32)13-18(21-11-10-20(39-21)16-8-5-9-17(12-16)30(36)37)24-26(33)28(35)27(34)25-19(31)14-22(40-29(24)25)15-6-3-2-4-7-15/h2-12,14,18,33-35H,13H2,1H3,(H,36,37). The van der Waals surface area contributed by atoms with Crippen LogP contribution in [0.2, 0.25) is 0 Å². The number of carboxylic acid groups (broad SMARTS) is 1. The van der Waals surface area contributed by atoms with Gasteiger partial charge in [0.2, 0.25) is 5.75 Å². The largest absolute Gasteiger partial charge is 0.504 e. The number of methoxy groups -OCH3 is 1. The van der Waals surface area contributed by atoms with E-state index in [1.807, 2.05) is 0 Å². The Morgan fingerprint density at radius 2 is 1.55 bits per heavy atom. The van der Waals surface area contributed by atoms with E-state index in [0.717, 1.165) is 6.07 Å². The Bertz CT molecular complexity index is 1810. The average Bonchev–Trinajstić information content (AvgIpc) is 3.46. The number of aromatic hydroxyl groups is 3. The van der Waals surface area contributed by atoms with Gasteiger partial charge in [-0.15, -0.1) is 0 Å². The Kier molecular flexibility index (Phi) is 6.75. The highest BCUT2D eigenvalue weighted by molar-refractivity contribution is 5.94. The van der Waals surface area contributed by atoms with Crippen molar-refractivity contribution >= 4 is 22.9 Å². The summed E-state index contributed by atoms with van der Waals surface area (Å²) in [6.45, 7) is 0. The molecule has 0 spiro atoms. The molecule has 40 heavy (non-hydrogen) atoms. The molecule has 0 saturated heterocycles. The van der Waals surface area contributed by atoms with E-state index >= 15 is 0 Å². The van der Waals surface area contributed by atoms with E-state index in [1.165, 1.54) is 25.3 Å². The average molecular weight is 542 g/mol. The number of rotatable bonds is 7. The third-order valence-electron chi connectivity index (χ3n) is 6.50. The predicted molar refractivity (Wildman–Crippen MR) is 142 cm³/mol. The normalized spacial score (nSPS) is 11.8. The maximum Gasteiger partial charge on any atom is 0.335 e. The Balaban J connectivity index is 1.76. The Hall–Kier alpha value is -5.51. The third kappa shape index (κ3) is 4.62. The van der Waals surface area contributed by atoms with Crippen molar-refractivity contribution in [1.29, 1.82) is 0 Å². The second-order valence-corrected chi connectivity index (χ2v) is 8.93. The summed E-state index contributed by atoms with van der Waals surface area (Å²) < 4.78 is 16.9. The summed E-state index contributed by atoms with van der Waals surface area (Å²) in [5.74, 6) is -5.20. The number of carboxylic acids is 1. The molecule has 5 rings (SSSR count). The summed E-state index contributed by atoms with van der Waals surface area (Å²) >= 11 is 0. The zero-order chi connectivity index (χ0) is 28.6. The lowest BCUT2D eigenvalue weighted by atomic mass is 9.90. The molecule has 0 fully saturated rings. The Labute approximate surface area is 225 Å². The van der Waals surface area contributed by atoms with Gasteiger partial charge in [0.25, 0.3) is 0 Å². The van der Waals surface area contributed by atoms with E-state index in [-0.39, 0.29) is 34.0 Å². The first kappa shape index (κ1) is 26.1. The topological polar surface area (TPSA) is 168 Å². The summed E-state index contributed by atoms with van der Waals surface area (Å²) in [4.78, 5) is 37.1.